The molecule has 2 atom stereocenters. The molecule has 0 amide bonds. The predicted molar refractivity (Wildman–Crippen MR) is 94.3 cm³/mol. The van der Waals surface area contributed by atoms with Crippen molar-refractivity contribution in [3.8, 4) is 17.3 Å². The van der Waals surface area contributed by atoms with Gasteiger partial charge in [0, 0.05) is 19.3 Å². The quantitative estimate of drug-likeness (QED) is 0.755. The van der Waals surface area contributed by atoms with Crippen LogP contribution >= 0.6 is 0 Å². The number of likely N-dealkylation sites (tertiary alicyclic amines) is 1. The van der Waals surface area contributed by atoms with E-state index < -0.39 is 6.10 Å². The molecule has 3 heterocycles. The number of pyridine rings is 1. The average Bonchev–Trinajstić information content (AvgIpc) is 3.30. The number of aliphatic hydroxyl groups is 1. The van der Waals surface area contributed by atoms with Crippen LogP contribution in [-0.4, -0.2) is 44.9 Å². The van der Waals surface area contributed by atoms with Crippen LogP contribution in [0.3, 0.4) is 0 Å². The van der Waals surface area contributed by atoms with Crippen molar-refractivity contribution in [2.45, 2.75) is 25.1 Å². The first kappa shape index (κ1) is 16.7. The molecule has 0 aliphatic carbocycles. The van der Waals surface area contributed by atoms with Crippen molar-refractivity contribution in [2.24, 2.45) is 0 Å². The van der Waals surface area contributed by atoms with Gasteiger partial charge in [-0.2, -0.15) is 4.98 Å². The molecule has 2 aromatic heterocycles. The number of rotatable bonds is 5. The summed E-state index contributed by atoms with van der Waals surface area (Å²) in [6.45, 7) is 1.25. The SMILES string of the molecule is COc1ccc(CN2C[C@H](O)C[C@H]2c2nc(-c3ccccn3)no2)cc1. The van der Waals surface area contributed by atoms with Gasteiger partial charge in [0.1, 0.15) is 11.4 Å². The van der Waals surface area contributed by atoms with Gasteiger partial charge in [-0.15, -0.1) is 0 Å². The summed E-state index contributed by atoms with van der Waals surface area (Å²) < 4.78 is 10.7. The maximum atomic E-state index is 10.2. The molecule has 7 heteroatoms. The lowest BCUT2D eigenvalue weighted by Crippen LogP contribution is -2.24. The molecule has 0 bridgehead atoms. The molecule has 4 rings (SSSR count). The highest BCUT2D eigenvalue weighted by Crippen LogP contribution is 2.33. The molecule has 1 N–H and O–H groups in total. The summed E-state index contributed by atoms with van der Waals surface area (Å²) in [6, 6.07) is 13.4. The number of methoxy groups -OCH3 is 1. The Morgan fingerprint density at radius 3 is 2.81 bits per heavy atom. The van der Waals surface area contributed by atoms with E-state index in [4.69, 9.17) is 9.26 Å². The smallest absolute Gasteiger partial charge is 0.244 e. The molecule has 0 radical (unpaired) electrons. The fourth-order valence-corrected chi connectivity index (χ4v) is 3.25. The number of β-amino-alcohol motifs (C(OH)–C–C–N with tert-alkyl or cyclic N) is 1. The summed E-state index contributed by atoms with van der Waals surface area (Å²) in [6.07, 6.45) is 1.85. The number of hydrogen-bond acceptors (Lipinski definition) is 7. The van der Waals surface area contributed by atoms with Crippen LogP contribution in [0.2, 0.25) is 0 Å². The summed E-state index contributed by atoms with van der Waals surface area (Å²) in [5.74, 6) is 1.80. The van der Waals surface area contributed by atoms with Crippen LogP contribution in [0.4, 0.5) is 0 Å². The second kappa shape index (κ2) is 7.23. The van der Waals surface area contributed by atoms with Crippen molar-refractivity contribution in [2.75, 3.05) is 13.7 Å². The summed E-state index contributed by atoms with van der Waals surface area (Å²) in [4.78, 5) is 10.9. The van der Waals surface area contributed by atoms with E-state index in [0.717, 1.165) is 11.3 Å². The van der Waals surface area contributed by atoms with Crippen molar-refractivity contribution in [3.63, 3.8) is 0 Å². The van der Waals surface area contributed by atoms with Gasteiger partial charge in [0.2, 0.25) is 11.7 Å². The third-order valence-corrected chi connectivity index (χ3v) is 4.55. The standard InChI is InChI=1S/C19H20N4O3/c1-25-15-7-5-13(6-8-15)11-23-12-14(24)10-17(23)19-21-18(22-26-19)16-4-2-3-9-20-16/h2-9,14,17,24H,10-12H2,1H3/t14-,17+/m1/s1. The second-order valence-electron chi connectivity index (χ2n) is 6.35. The third-order valence-electron chi connectivity index (χ3n) is 4.55. The first-order valence-corrected chi connectivity index (χ1v) is 8.53. The Balaban J connectivity index is 1.53. The topological polar surface area (TPSA) is 84.5 Å². The molecule has 0 spiro atoms. The van der Waals surface area contributed by atoms with Crippen molar-refractivity contribution in [1.29, 1.82) is 0 Å². The van der Waals surface area contributed by atoms with Crippen LogP contribution in [0.1, 0.15) is 23.9 Å². The summed E-state index contributed by atoms with van der Waals surface area (Å²) in [5.41, 5.74) is 1.80. The van der Waals surface area contributed by atoms with Gasteiger partial charge in [0.25, 0.3) is 0 Å². The molecule has 1 aliphatic heterocycles. The summed E-state index contributed by atoms with van der Waals surface area (Å²) >= 11 is 0. The first-order valence-electron chi connectivity index (χ1n) is 8.53. The van der Waals surface area contributed by atoms with Gasteiger partial charge in [0.15, 0.2) is 0 Å². The van der Waals surface area contributed by atoms with E-state index in [1.807, 2.05) is 42.5 Å². The fraction of sp³-hybridized carbons (Fsp3) is 0.316. The normalized spacial score (nSPS) is 20.4. The molecular weight excluding hydrogens is 332 g/mol. The molecule has 1 aliphatic rings. The average molecular weight is 352 g/mol. The van der Waals surface area contributed by atoms with Gasteiger partial charge in [0.05, 0.1) is 19.3 Å². The zero-order chi connectivity index (χ0) is 17.9. The molecule has 0 unspecified atom stereocenters. The Kier molecular flexibility index (Phi) is 4.64. The number of hydrogen-bond donors (Lipinski definition) is 1. The minimum absolute atomic E-state index is 0.114. The lowest BCUT2D eigenvalue weighted by atomic mass is 10.1. The molecule has 3 aromatic rings. The predicted octanol–water partition coefficient (Wildman–Crippen LogP) is 2.45. The van der Waals surface area contributed by atoms with E-state index in [1.165, 1.54) is 0 Å². The Morgan fingerprint density at radius 2 is 2.08 bits per heavy atom. The lowest BCUT2D eigenvalue weighted by Gasteiger charge is -2.21. The van der Waals surface area contributed by atoms with Crippen molar-refractivity contribution >= 4 is 0 Å². The highest BCUT2D eigenvalue weighted by molar-refractivity contribution is 5.47. The van der Waals surface area contributed by atoms with Crippen LogP contribution in [0.15, 0.2) is 53.2 Å². The summed E-state index contributed by atoms with van der Waals surface area (Å²) in [7, 11) is 1.65. The van der Waals surface area contributed by atoms with E-state index in [9.17, 15) is 5.11 Å². The Labute approximate surface area is 151 Å². The van der Waals surface area contributed by atoms with E-state index in [-0.39, 0.29) is 6.04 Å². The van der Waals surface area contributed by atoms with Crippen LogP contribution in [-0.2, 0) is 6.54 Å². The maximum absolute atomic E-state index is 10.2. The van der Waals surface area contributed by atoms with Crippen molar-refractivity contribution in [1.82, 2.24) is 20.0 Å². The fourth-order valence-electron chi connectivity index (χ4n) is 3.25. The van der Waals surface area contributed by atoms with E-state index in [2.05, 4.69) is 20.0 Å². The Morgan fingerprint density at radius 1 is 1.23 bits per heavy atom. The molecule has 7 nitrogen and oxygen atoms in total. The molecule has 0 saturated carbocycles. The largest absolute Gasteiger partial charge is 0.497 e. The highest BCUT2D eigenvalue weighted by atomic mass is 16.5. The third kappa shape index (κ3) is 3.44. The maximum Gasteiger partial charge on any atom is 0.244 e. The second-order valence-corrected chi connectivity index (χ2v) is 6.35. The zero-order valence-electron chi connectivity index (χ0n) is 14.4. The number of nitrogens with zero attached hydrogens (tertiary/aromatic N) is 4. The first-order chi connectivity index (χ1) is 12.7. The van der Waals surface area contributed by atoms with Crippen molar-refractivity contribution in [3.05, 3.63) is 60.1 Å². The van der Waals surface area contributed by atoms with Gasteiger partial charge in [-0.1, -0.05) is 23.4 Å². The molecule has 134 valence electrons. The molecule has 1 aromatic carbocycles. The van der Waals surface area contributed by atoms with Crippen LogP contribution in [0, 0.1) is 0 Å². The minimum Gasteiger partial charge on any atom is -0.497 e. The van der Waals surface area contributed by atoms with Crippen molar-refractivity contribution < 1.29 is 14.4 Å². The monoisotopic (exact) mass is 352 g/mol. The van der Waals surface area contributed by atoms with Gasteiger partial charge in [-0.3, -0.25) is 9.88 Å². The number of aliphatic hydroxyl groups excluding tert-OH is 1. The molecule has 1 saturated heterocycles. The number of benzene rings is 1. The Bertz CT molecular complexity index is 851. The number of ether oxygens (including phenoxy) is 1. The highest BCUT2D eigenvalue weighted by Gasteiger charge is 2.36. The van der Waals surface area contributed by atoms with E-state index in [0.29, 0.717) is 36.9 Å². The van der Waals surface area contributed by atoms with Gasteiger partial charge in [-0.05, 0) is 36.2 Å². The van der Waals surface area contributed by atoms with Crippen LogP contribution in [0.5, 0.6) is 5.75 Å². The summed E-state index contributed by atoms with van der Waals surface area (Å²) in [5, 5.41) is 14.2. The van der Waals surface area contributed by atoms with Gasteiger partial charge in [-0.25, -0.2) is 0 Å². The van der Waals surface area contributed by atoms with E-state index >= 15 is 0 Å². The van der Waals surface area contributed by atoms with Gasteiger partial charge >= 0.3 is 0 Å². The lowest BCUT2D eigenvalue weighted by molar-refractivity contribution is 0.169. The molecule has 1 fully saturated rings. The van der Waals surface area contributed by atoms with Crippen LogP contribution < -0.4 is 4.74 Å². The van der Waals surface area contributed by atoms with Gasteiger partial charge < -0.3 is 14.4 Å². The minimum atomic E-state index is -0.413. The molecular formula is C19H20N4O3. The van der Waals surface area contributed by atoms with Crippen LogP contribution in [0.25, 0.3) is 11.5 Å². The Hall–Kier alpha value is -2.77. The molecule has 26 heavy (non-hydrogen) atoms. The van der Waals surface area contributed by atoms with E-state index in [1.54, 1.807) is 13.3 Å². The zero-order valence-corrected chi connectivity index (χ0v) is 14.4. The number of aromatic nitrogens is 3.